The average molecular weight is 237 g/mol. The molecule has 1 aromatic rings. The number of aliphatic hydroxyl groups excluding tert-OH is 2. The van der Waals surface area contributed by atoms with Gasteiger partial charge in [0.2, 0.25) is 0 Å². The van der Waals surface area contributed by atoms with E-state index in [1.807, 2.05) is 24.3 Å². The van der Waals surface area contributed by atoms with E-state index in [-0.39, 0.29) is 6.61 Å². The lowest BCUT2D eigenvalue weighted by molar-refractivity contribution is 0.0942. The van der Waals surface area contributed by atoms with Crippen molar-refractivity contribution in [3.05, 3.63) is 42.5 Å². The Morgan fingerprint density at radius 3 is 2.65 bits per heavy atom. The molecule has 0 heterocycles. The molecule has 4 heteroatoms. The molecule has 17 heavy (non-hydrogen) atoms. The van der Waals surface area contributed by atoms with E-state index in [1.54, 1.807) is 6.08 Å². The number of aliphatic hydroxyl groups is 2. The number of benzene rings is 1. The highest BCUT2D eigenvalue weighted by Crippen LogP contribution is 2.11. The van der Waals surface area contributed by atoms with Crippen LogP contribution in [0.4, 0.5) is 0 Å². The SMILES string of the molecule is C=CCOc1ccc(CNCC(O)CO)cc1. The van der Waals surface area contributed by atoms with Crippen LogP contribution in [0.25, 0.3) is 0 Å². The average Bonchev–Trinajstić information content (AvgIpc) is 2.37. The molecule has 0 aliphatic heterocycles. The first-order valence-corrected chi connectivity index (χ1v) is 5.58. The van der Waals surface area contributed by atoms with Crippen molar-refractivity contribution in [3.8, 4) is 5.75 Å². The third kappa shape index (κ3) is 5.49. The van der Waals surface area contributed by atoms with Crippen LogP contribution in [0.15, 0.2) is 36.9 Å². The van der Waals surface area contributed by atoms with Gasteiger partial charge >= 0.3 is 0 Å². The normalized spacial score (nSPS) is 12.1. The van der Waals surface area contributed by atoms with Crippen molar-refractivity contribution in [3.63, 3.8) is 0 Å². The maximum atomic E-state index is 9.14. The van der Waals surface area contributed by atoms with Crippen molar-refractivity contribution in [2.75, 3.05) is 19.8 Å². The summed E-state index contributed by atoms with van der Waals surface area (Å²) in [5.74, 6) is 0.809. The Kier molecular flexibility index (Phi) is 6.32. The minimum atomic E-state index is -0.704. The van der Waals surface area contributed by atoms with Gasteiger partial charge in [-0.2, -0.15) is 0 Å². The topological polar surface area (TPSA) is 61.7 Å². The molecule has 0 fully saturated rings. The molecule has 1 rings (SSSR count). The van der Waals surface area contributed by atoms with Gasteiger partial charge in [-0.05, 0) is 17.7 Å². The minimum absolute atomic E-state index is 0.221. The Morgan fingerprint density at radius 2 is 2.06 bits per heavy atom. The van der Waals surface area contributed by atoms with Crippen LogP contribution in [-0.2, 0) is 6.54 Å². The quantitative estimate of drug-likeness (QED) is 0.582. The summed E-state index contributed by atoms with van der Waals surface area (Å²) in [6.07, 6.45) is 0.997. The van der Waals surface area contributed by atoms with Crippen molar-refractivity contribution in [1.29, 1.82) is 0 Å². The molecule has 4 nitrogen and oxygen atoms in total. The molecule has 0 spiro atoms. The van der Waals surface area contributed by atoms with Crippen LogP contribution >= 0.6 is 0 Å². The highest BCUT2D eigenvalue weighted by atomic mass is 16.5. The molecule has 0 saturated carbocycles. The molecule has 0 aromatic heterocycles. The molecule has 0 saturated heterocycles. The molecule has 0 amide bonds. The molecular weight excluding hydrogens is 218 g/mol. The number of hydrogen-bond donors (Lipinski definition) is 3. The first kappa shape index (κ1) is 13.7. The van der Waals surface area contributed by atoms with Crippen LogP contribution in [0.1, 0.15) is 5.56 Å². The number of nitrogens with one attached hydrogen (secondary N) is 1. The number of ether oxygens (including phenoxy) is 1. The molecule has 94 valence electrons. The van der Waals surface area contributed by atoms with Crippen LogP contribution in [0.2, 0.25) is 0 Å². The summed E-state index contributed by atoms with van der Waals surface area (Å²) in [5, 5.41) is 20.8. The lowest BCUT2D eigenvalue weighted by Crippen LogP contribution is -2.28. The van der Waals surface area contributed by atoms with Gasteiger partial charge in [0.1, 0.15) is 12.4 Å². The van der Waals surface area contributed by atoms with Gasteiger partial charge < -0.3 is 20.3 Å². The highest BCUT2D eigenvalue weighted by molar-refractivity contribution is 5.27. The summed E-state index contributed by atoms with van der Waals surface area (Å²) in [7, 11) is 0. The van der Waals surface area contributed by atoms with Crippen molar-refractivity contribution in [2.45, 2.75) is 12.6 Å². The van der Waals surface area contributed by atoms with E-state index in [0.29, 0.717) is 19.7 Å². The number of rotatable bonds is 8. The van der Waals surface area contributed by atoms with Crippen LogP contribution < -0.4 is 10.1 Å². The first-order chi connectivity index (χ1) is 8.26. The van der Waals surface area contributed by atoms with Gasteiger partial charge in [0.15, 0.2) is 0 Å². The Balaban J connectivity index is 2.32. The maximum Gasteiger partial charge on any atom is 0.119 e. The van der Waals surface area contributed by atoms with Crippen molar-refractivity contribution in [2.24, 2.45) is 0 Å². The van der Waals surface area contributed by atoms with Crippen LogP contribution in [0, 0.1) is 0 Å². The zero-order valence-corrected chi connectivity index (χ0v) is 9.80. The van der Waals surface area contributed by atoms with Gasteiger partial charge in [0.25, 0.3) is 0 Å². The Hall–Kier alpha value is -1.36. The maximum absolute atomic E-state index is 9.14. The van der Waals surface area contributed by atoms with E-state index < -0.39 is 6.10 Å². The van der Waals surface area contributed by atoms with Gasteiger partial charge in [0.05, 0.1) is 12.7 Å². The Morgan fingerprint density at radius 1 is 1.35 bits per heavy atom. The lowest BCUT2D eigenvalue weighted by Gasteiger charge is -2.09. The largest absolute Gasteiger partial charge is 0.490 e. The van der Waals surface area contributed by atoms with Crippen molar-refractivity contribution in [1.82, 2.24) is 5.32 Å². The second kappa shape index (κ2) is 7.84. The fourth-order valence-electron chi connectivity index (χ4n) is 1.31. The lowest BCUT2D eigenvalue weighted by atomic mass is 10.2. The summed E-state index contributed by atoms with van der Waals surface area (Å²) in [6.45, 7) is 4.89. The van der Waals surface area contributed by atoms with E-state index in [4.69, 9.17) is 14.9 Å². The smallest absolute Gasteiger partial charge is 0.119 e. The summed E-state index contributed by atoms with van der Waals surface area (Å²) < 4.78 is 5.36. The Bertz CT molecular complexity index is 324. The third-order valence-electron chi connectivity index (χ3n) is 2.21. The fraction of sp³-hybridized carbons (Fsp3) is 0.385. The van der Waals surface area contributed by atoms with E-state index in [0.717, 1.165) is 11.3 Å². The standard InChI is InChI=1S/C13H19NO3/c1-2-7-17-13-5-3-11(4-6-13)8-14-9-12(16)10-15/h2-6,12,14-16H,1,7-10H2. The monoisotopic (exact) mass is 237 g/mol. The van der Waals surface area contributed by atoms with Gasteiger partial charge in [-0.1, -0.05) is 24.8 Å². The van der Waals surface area contributed by atoms with Crippen molar-refractivity contribution >= 4 is 0 Å². The summed E-state index contributed by atoms with van der Waals surface area (Å²) >= 11 is 0. The predicted octanol–water partition coefficient (Wildman–Crippen LogP) is 0.694. The molecule has 1 unspecified atom stereocenters. The van der Waals surface area contributed by atoms with E-state index in [9.17, 15) is 0 Å². The van der Waals surface area contributed by atoms with E-state index >= 15 is 0 Å². The van der Waals surface area contributed by atoms with Gasteiger partial charge in [-0.3, -0.25) is 0 Å². The molecule has 1 atom stereocenters. The molecular formula is C13H19NO3. The molecule has 3 N–H and O–H groups in total. The van der Waals surface area contributed by atoms with Gasteiger partial charge in [-0.25, -0.2) is 0 Å². The van der Waals surface area contributed by atoms with Gasteiger partial charge in [0, 0.05) is 13.1 Å². The van der Waals surface area contributed by atoms with Crippen LogP contribution in [0.3, 0.4) is 0 Å². The van der Waals surface area contributed by atoms with Gasteiger partial charge in [-0.15, -0.1) is 0 Å². The summed E-state index contributed by atoms with van der Waals surface area (Å²) in [5.41, 5.74) is 1.10. The molecule has 0 radical (unpaired) electrons. The van der Waals surface area contributed by atoms with Crippen molar-refractivity contribution < 1.29 is 14.9 Å². The molecule has 0 aliphatic rings. The fourth-order valence-corrected chi connectivity index (χ4v) is 1.31. The van der Waals surface area contributed by atoms with E-state index in [1.165, 1.54) is 0 Å². The molecule has 1 aromatic carbocycles. The zero-order valence-electron chi connectivity index (χ0n) is 9.80. The number of hydrogen-bond acceptors (Lipinski definition) is 4. The van der Waals surface area contributed by atoms with Crippen LogP contribution in [0.5, 0.6) is 5.75 Å². The predicted molar refractivity (Wildman–Crippen MR) is 66.9 cm³/mol. The van der Waals surface area contributed by atoms with Crippen LogP contribution in [-0.4, -0.2) is 36.1 Å². The summed E-state index contributed by atoms with van der Waals surface area (Å²) in [4.78, 5) is 0. The third-order valence-corrected chi connectivity index (χ3v) is 2.21. The van der Waals surface area contributed by atoms with E-state index in [2.05, 4.69) is 11.9 Å². The molecule has 0 aliphatic carbocycles. The zero-order chi connectivity index (χ0) is 12.5. The molecule has 0 bridgehead atoms. The Labute approximate surface area is 102 Å². The second-order valence-electron chi connectivity index (χ2n) is 3.71. The summed E-state index contributed by atoms with van der Waals surface area (Å²) in [6, 6.07) is 7.69. The first-order valence-electron chi connectivity index (χ1n) is 5.58. The minimum Gasteiger partial charge on any atom is -0.490 e. The highest BCUT2D eigenvalue weighted by Gasteiger charge is 2.00. The second-order valence-corrected chi connectivity index (χ2v) is 3.71.